The van der Waals surface area contributed by atoms with Crippen LogP contribution < -0.4 is 0 Å². The third-order valence-electron chi connectivity index (χ3n) is 4.10. The van der Waals surface area contributed by atoms with Crippen LogP contribution in [0.15, 0.2) is 24.6 Å². The molecule has 0 heterocycles. The highest BCUT2D eigenvalue weighted by Gasteiger charge is 2.41. The normalized spacial score (nSPS) is 12.2. The van der Waals surface area contributed by atoms with Gasteiger partial charge in [0.25, 0.3) is 0 Å². The summed E-state index contributed by atoms with van der Waals surface area (Å²) in [6, 6.07) is 0. The Kier molecular flexibility index (Phi) is 22.2. The van der Waals surface area contributed by atoms with Crippen LogP contribution in [-0.2, 0) is 26.6 Å². The highest BCUT2D eigenvalue weighted by Crippen LogP contribution is 2.18. The monoisotopic (exact) mass is 506 g/mol. The van der Waals surface area contributed by atoms with E-state index in [1.165, 1.54) is 0 Å². The fraction of sp³-hybridized carbons (Fsp3) is 0.840. The molecule has 33 heavy (non-hydrogen) atoms. The predicted molar refractivity (Wildman–Crippen MR) is 143 cm³/mol. The SMILES string of the molecule is C=C[Si](OC(C)C)(OC(C)C)OC(C)C.C=C[Si](OCCCC)(OCCCC)OCCCC. The van der Waals surface area contributed by atoms with Crippen molar-refractivity contribution in [3.63, 3.8) is 0 Å². The molecule has 0 aliphatic rings. The van der Waals surface area contributed by atoms with Crippen molar-refractivity contribution in [1.29, 1.82) is 0 Å². The van der Waals surface area contributed by atoms with E-state index in [9.17, 15) is 0 Å². The van der Waals surface area contributed by atoms with Crippen molar-refractivity contribution >= 4 is 17.6 Å². The molecule has 198 valence electrons. The van der Waals surface area contributed by atoms with Gasteiger partial charge in [0.05, 0.1) is 0 Å². The van der Waals surface area contributed by atoms with Crippen molar-refractivity contribution < 1.29 is 26.6 Å². The molecule has 0 saturated heterocycles. The molecule has 0 aliphatic heterocycles. The Bertz CT molecular complexity index is 419. The van der Waals surface area contributed by atoms with Gasteiger partial charge >= 0.3 is 17.6 Å². The minimum Gasteiger partial charge on any atom is -0.370 e. The van der Waals surface area contributed by atoms with Gasteiger partial charge in [-0.15, -0.1) is 0 Å². The molecule has 0 saturated carbocycles. The molecule has 0 unspecified atom stereocenters. The van der Waals surface area contributed by atoms with Crippen LogP contribution in [0.3, 0.4) is 0 Å². The fourth-order valence-corrected chi connectivity index (χ4v) is 6.91. The van der Waals surface area contributed by atoms with Crippen LogP contribution in [0.2, 0.25) is 0 Å². The minimum atomic E-state index is -2.69. The Morgan fingerprint density at radius 1 is 0.545 bits per heavy atom. The van der Waals surface area contributed by atoms with Gasteiger partial charge in [0, 0.05) is 38.1 Å². The first-order chi connectivity index (χ1) is 15.6. The van der Waals surface area contributed by atoms with Crippen molar-refractivity contribution in [3.8, 4) is 0 Å². The fourth-order valence-electron chi connectivity index (χ4n) is 2.59. The summed E-state index contributed by atoms with van der Waals surface area (Å²) >= 11 is 0. The van der Waals surface area contributed by atoms with E-state index in [2.05, 4.69) is 33.9 Å². The second-order valence-corrected chi connectivity index (χ2v) is 13.5. The smallest absolute Gasteiger partial charge is 0.370 e. The third-order valence-corrected chi connectivity index (χ3v) is 9.32. The standard InChI is InChI=1S/C14H30O3Si.C11H24O3Si/c1-5-9-12-15-18(8-4,16-13-10-6-2)17-14-11-7-3;1-8-15(12-9(2)3,13-10(4)5)14-11(6)7/h8H,4-7,9-14H2,1-3H3;8-11H,1H2,2-7H3. The Balaban J connectivity index is 0. The van der Waals surface area contributed by atoms with E-state index in [1.807, 2.05) is 41.5 Å². The van der Waals surface area contributed by atoms with Crippen molar-refractivity contribution in [1.82, 2.24) is 0 Å². The highest BCUT2D eigenvalue weighted by atomic mass is 28.4. The van der Waals surface area contributed by atoms with Gasteiger partial charge in [0.1, 0.15) is 0 Å². The van der Waals surface area contributed by atoms with E-state index in [1.54, 1.807) is 11.4 Å². The third kappa shape index (κ3) is 18.6. The molecule has 0 bridgehead atoms. The van der Waals surface area contributed by atoms with E-state index < -0.39 is 17.6 Å². The van der Waals surface area contributed by atoms with E-state index >= 15 is 0 Å². The predicted octanol–water partition coefficient (Wildman–Crippen LogP) is 7.03. The number of unbranched alkanes of at least 4 members (excludes halogenated alkanes) is 3. The molecule has 0 N–H and O–H groups in total. The molecule has 0 atom stereocenters. The lowest BCUT2D eigenvalue weighted by Crippen LogP contribution is -2.49. The average Bonchev–Trinajstić information content (AvgIpc) is 2.73. The topological polar surface area (TPSA) is 55.4 Å². The summed E-state index contributed by atoms with van der Waals surface area (Å²) in [5.74, 6) is 0. The van der Waals surface area contributed by atoms with Gasteiger partial charge in [-0.25, -0.2) is 0 Å². The van der Waals surface area contributed by atoms with Crippen LogP contribution in [0.4, 0.5) is 0 Å². The second kappa shape index (κ2) is 21.0. The van der Waals surface area contributed by atoms with Crippen molar-refractivity contribution in [3.05, 3.63) is 24.6 Å². The maximum atomic E-state index is 5.89. The average molecular weight is 507 g/mol. The molecule has 0 rings (SSSR count). The van der Waals surface area contributed by atoms with Crippen LogP contribution in [0, 0.1) is 0 Å². The summed E-state index contributed by atoms with van der Waals surface area (Å²) in [6.07, 6.45) is 6.69. The first-order valence-corrected chi connectivity index (χ1v) is 16.4. The van der Waals surface area contributed by atoms with Crippen molar-refractivity contribution in [2.24, 2.45) is 0 Å². The van der Waals surface area contributed by atoms with Gasteiger partial charge in [0.2, 0.25) is 0 Å². The molecule has 0 aromatic heterocycles. The highest BCUT2D eigenvalue weighted by molar-refractivity contribution is 6.66. The molecule has 0 amide bonds. The molecule has 0 aliphatic carbocycles. The van der Waals surface area contributed by atoms with Crippen LogP contribution in [0.25, 0.3) is 0 Å². The van der Waals surface area contributed by atoms with E-state index in [4.69, 9.17) is 26.6 Å². The molecular weight excluding hydrogens is 452 g/mol. The maximum Gasteiger partial charge on any atom is 0.529 e. The van der Waals surface area contributed by atoms with Crippen molar-refractivity contribution in [2.75, 3.05) is 19.8 Å². The van der Waals surface area contributed by atoms with Crippen molar-refractivity contribution in [2.45, 2.75) is 119 Å². The van der Waals surface area contributed by atoms with Gasteiger partial charge in [0.15, 0.2) is 0 Å². The zero-order chi connectivity index (χ0) is 25.8. The zero-order valence-corrected chi connectivity index (χ0v) is 25.1. The van der Waals surface area contributed by atoms with Gasteiger partial charge in [-0.2, -0.15) is 0 Å². The Morgan fingerprint density at radius 3 is 1.00 bits per heavy atom. The lowest BCUT2D eigenvalue weighted by molar-refractivity contribution is 0.0140. The molecule has 8 heteroatoms. The summed E-state index contributed by atoms with van der Waals surface area (Å²) < 4.78 is 35.0. The Labute approximate surface area is 207 Å². The van der Waals surface area contributed by atoms with E-state index in [-0.39, 0.29) is 18.3 Å². The molecular formula is C25H54O6Si2. The van der Waals surface area contributed by atoms with Gasteiger partial charge in [-0.05, 0) is 72.2 Å². The first kappa shape index (κ1) is 34.8. The lowest BCUT2D eigenvalue weighted by Gasteiger charge is -2.31. The Morgan fingerprint density at radius 2 is 0.818 bits per heavy atom. The summed E-state index contributed by atoms with van der Waals surface area (Å²) in [4.78, 5) is 0. The molecule has 6 nitrogen and oxygen atoms in total. The molecule has 0 fully saturated rings. The zero-order valence-electron chi connectivity index (χ0n) is 23.1. The first-order valence-electron chi connectivity index (χ1n) is 12.8. The van der Waals surface area contributed by atoms with Gasteiger partial charge in [-0.3, -0.25) is 0 Å². The maximum absolute atomic E-state index is 5.89. The summed E-state index contributed by atoms with van der Waals surface area (Å²) in [6.45, 7) is 28.0. The lowest BCUT2D eigenvalue weighted by atomic mass is 10.4. The van der Waals surface area contributed by atoms with E-state index in [0.29, 0.717) is 19.8 Å². The molecule has 0 spiro atoms. The number of rotatable bonds is 20. The second-order valence-electron chi connectivity index (χ2n) is 8.72. The summed E-state index contributed by atoms with van der Waals surface area (Å²) in [5, 5.41) is 0. The van der Waals surface area contributed by atoms with Crippen LogP contribution in [0.5, 0.6) is 0 Å². The van der Waals surface area contributed by atoms with Crippen LogP contribution in [0.1, 0.15) is 101 Å². The summed E-state index contributed by atoms with van der Waals surface area (Å²) in [7, 11) is -5.31. The molecule has 0 aromatic rings. The Hall–Kier alpha value is -0.326. The minimum absolute atomic E-state index is 0.0761. The quantitative estimate of drug-likeness (QED) is 0.131. The summed E-state index contributed by atoms with van der Waals surface area (Å²) in [5.41, 5.74) is 3.47. The largest absolute Gasteiger partial charge is 0.529 e. The van der Waals surface area contributed by atoms with E-state index in [0.717, 1.165) is 38.5 Å². The van der Waals surface area contributed by atoms with Gasteiger partial charge < -0.3 is 26.6 Å². The number of hydrogen-bond donors (Lipinski definition) is 0. The van der Waals surface area contributed by atoms with Gasteiger partial charge in [-0.1, -0.05) is 53.2 Å². The van der Waals surface area contributed by atoms with Crippen LogP contribution >= 0.6 is 0 Å². The number of hydrogen-bond acceptors (Lipinski definition) is 6. The van der Waals surface area contributed by atoms with Crippen LogP contribution in [-0.4, -0.2) is 55.7 Å². The molecule has 0 aromatic carbocycles. The molecule has 0 radical (unpaired) electrons.